The molecule has 35 heavy (non-hydrogen) atoms. The second-order valence-electron chi connectivity index (χ2n) is 8.84. The SMILES string of the molecule is CCCCSC1=C(C)[C@@H](C(F)(F)C(=O)c2ccccc2)C=C[C@]1(C)C(F)(F)C(=O)c1ccccc1. The molecule has 1 aliphatic rings. The molecule has 0 spiro atoms. The lowest BCUT2D eigenvalue weighted by Crippen LogP contribution is -2.48. The summed E-state index contributed by atoms with van der Waals surface area (Å²) in [5.74, 6) is -11.8. The molecule has 0 heterocycles. The van der Waals surface area contributed by atoms with Gasteiger partial charge in [0.1, 0.15) is 0 Å². The van der Waals surface area contributed by atoms with Crippen molar-refractivity contribution in [2.75, 3.05) is 5.75 Å². The zero-order valence-corrected chi connectivity index (χ0v) is 20.7. The Hall–Kier alpha value is -2.67. The van der Waals surface area contributed by atoms with Crippen LogP contribution in [0.3, 0.4) is 0 Å². The monoisotopic (exact) mass is 504 g/mol. The van der Waals surface area contributed by atoms with Gasteiger partial charge in [0.05, 0.1) is 11.3 Å². The van der Waals surface area contributed by atoms with Gasteiger partial charge in [-0.1, -0.05) is 86.2 Å². The molecule has 2 nitrogen and oxygen atoms in total. The second-order valence-corrected chi connectivity index (χ2v) is 9.95. The van der Waals surface area contributed by atoms with Crippen LogP contribution in [0.4, 0.5) is 17.6 Å². The summed E-state index contributed by atoms with van der Waals surface area (Å²) in [6.07, 6.45) is 3.43. The van der Waals surface area contributed by atoms with Gasteiger partial charge in [-0.3, -0.25) is 9.59 Å². The minimum Gasteiger partial charge on any atom is -0.287 e. The van der Waals surface area contributed by atoms with Crippen molar-refractivity contribution >= 4 is 23.3 Å². The average Bonchev–Trinajstić information content (AvgIpc) is 2.85. The molecular formula is C28H28F4O2S. The van der Waals surface area contributed by atoms with Crippen LogP contribution < -0.4 is 0 Å². The Labute approximate surface area is 207 Å². The van der Waals surface area contributed by atoms with Crippen LogP contribution in [0.2, 0.25) is 0 Å². The minimum atomic E-state index is -3.90. The highest BCUT2D eigenvalue weighted by Gasteiger charge is 2.60. The molecule has 3 rings (SSSR count). The van der Waals surface area contributed by atoms with Gasteiger partial charge in [-0.05, 0) is 31.6 Å². The predicted molar refractivity (Wildman–Crippen MR) is 132 cm³/mol. The van der Waals surface area contributed by atoms with Crippen molar-refractivity contribution in [1.29, 1.82) is 0 Å². The maximum absolute atomic E-state index is 15.8. The summed E-state index contributed by atoms with van der Waals surface area (Å²) in [5.41, 5.74) is -2.47. The van der Waals surface area contributed by atoms with E-state index in [4.69, 9.17) is 0 Å². The fraction of sp³-hybridized carbons (Fsp3) is 0.357. The second kappa shape index (κ2) is 10.5. The maximum atomic E-state index is 15.8. The van der Waals surface area contributed by atoms with Crippen molar-refractivity contribution in [1.82, 2.24) is 0 Å². The quantitative estimate of drug-likeness (QED) is 0.142. The van der Waals surface area contributed by atoms with Crippen LogP contribution in [0, 0.1) is 11.3 Å². The van der Waals surface area contributed by atoms with Gasteiger partial charge < -0.3 is 0 Å². The number of halogens is 4. The zero-order valence-electron chi connectivity index (χ0n) is 19.9. The largest absolute Gasteiger partial charge is 0.322 e. The van der Waals surface area contributed by atoms with Crippen LogP contribution in [0.5, 0.6) is 0 Å². The van der Waals surface area contributed by atoms with Crippen molar-refractivity contribution in [3.63, 3.8) is 0 Å². The molecule has 186 valence electrons. The standard InChI is InChI=1S/C28H28F4O2S/c1-4-5-18-35-25-19(2)22(27(29,30)23(33)20-12-8-6-9-13-20)16-17-26(25,3)28(31,32)24(34)21-14-10-7-11-15-21/h6-17,22H,4-5,18H2,1-3H3/t22-,26-/m0/s1. The van der Waals surface area contributed by atoms with Crippen LogP contribution in [0.25, 0.3) is 0 Å². The number of hydrogen-bond donors (Lipinski definition) is 0. The van der Waals surface area contributed by atoms with Gasteiger partial charge in [-0.25, -0.2) is 0 Å². The van der Waals surface area contributed by atoms with Crippen LogP contribution in [-0.4, -0.2) is 29.2 Å². The van der Waals surface area contributed by atoms with E-state index in [0.29, 0.717) is 12.2 Å². The highest BCUT2D eigenvalue weighted by Crippen LogP contribution is 2.56. The molecule has 0 radical (unpaired) electrons. The number of benzene rings is 2. The fourth-order valence-electron chi connectivity index (χ4n) is 4.21. The van der Waals surface area contributed by atoms with Crippen LogP contribution in [-0.2, 0) is 0 Å². The van der Waals surface area contributed by atoms with Gasteiger partial charge in [0.25, 0.3) is 0 Å². The van der Waals surface area contributed by atoms with Crippen molar-refractivity contribution in [2.45, 2.75) is 45.5 Å². The lowest BCUT2D eigenvalue weighted by Gasteiger charge is -2.41. The third-order valence-corrected chi connectivity index (χ3v) is 7.89. The van der Waals surface area contributed by atoms with Crippen molar-refractivity contribution in [3.8, 4) is 0 Å². The van der Waals surface area contributed by atoms with Crippen molar-refractivity contribution < 1.29 is 27.2 Å². The van der Waals surface area contributed by atoms with E-state index in [0.717, 1.165) is 30.3 Å². The Kier molecular flexibility index (Phi) is 8.10. The molecule has 0 N–H and O–H groups in total. The normalized spacial score (nSPS) is 20.7. The molecular weight excluding hydrogens is 476 g/mol. The van der Waals surface area contributed by atoms with Crippen molar-refractivity contribution in [2.24, 2.45) is 11.3 Å². The summed E-state index contributed by atoms with van der Waals surface area (Å²) < 4.78 is 62.6. The smallest absolute Gasteiger partial charge is 0.287 e. The molecule has 0 bridgehead atoms. The number of ketones is 2. The number of alkyl halides is 4. The first kappa shape index (κ1) is 26.9. The number of hydrogen-bond acceptors (Lipinski definition) is 3. The third-order valence-electron chi connectivity index (χ3n) is 6.37. The first-order valence-corrected chi connectivity index (χ1v) is 12.5. The van der Waals surface area contributed by atoms with Crippen LogP contribution >= 0.6 is 11.8 Å². The Bertz CT molecular complexity index is 1130. The molecule has 0 aromatic heterocycles. The average molecular weight is 505 g/mol. The van der Waals surface area contributed by atoms with Gasteiger partial charge in [-0.2, -0.15) is 17.6 Å². The number of thioether (sulfide) groups is 1. The fourth-order valence-corrected chi connectivity index (χ4v) is 5.70. The van der Waals surface area contributed by atoms with E-state index in [-0.39, 0.29) is 21.6 Å². The van der Waals surface area contributed by atoms with E-state index in [9.17, 15) is 9.59 Å². The molecule has 0 saturated heterocycles. The number of unbranched alkanes of at least 4 members (excludes halogenated alkanes) is 1. The van der Waals surface area contributed by atoms with Gasteiger partial charge in [0.2, 0.25) is 11.6 Å². The summed E-state index contributed by atoms with van der Waals surface area (Å²) in [5, 5.41) is 0. The maximum Gasteiger partial charge on any atom is 0.322 e. The molecule has 1 aliphatic carbocycles. The van der Waals surface area contributed by atoms with Gasteiger partial charge in [0.15, 0.2) is 0 Å². The molecule has 2 aromatic carbocycles. The molecule has 0 aliphatic heterocycles. The van der Waals surface area contributed by atoms with Gasteiger partial charge in [0, 0.05) is 16.0 Å². The number of allylic oxidation sites excluding steroid dienone is 4. The van der Waals surface area contributed by atoms with Crippen LogP contribution in [0.15, 0.2) is 83.3 Å². The lowest BCUT2D eigenvalue weighted by molar-refractivity contribution is -0.0442. The molecule has 0 amide bonds. The first-order chi connectivity index (χ1) is 16.5. The number of rotatable bonds is 10. The predicted octanol–water partition coefficient (Wildman–Crippen LogP) is 8.02. The Morgan fingerprint density at radius 3 is 1.94 bits per heavy atom. The molecule has 0 saturated carbocycles. The summed E-state index contributed by atoms with van der Waals surface area (Å²) in [6, 6.07) is 14.4. The van der Waals surface area contributed by atoms with Gasteiger partial charge >= 0.3 is 11.8 Å². The van der Waals surface area contributed by atoms with E-state index in [1.807, 2.05) is 6.92 Å². The zero-order chi connectivity index (χ0) is 25.9. The first-order valence-electron chi connectivity index (χ1n) is 11.5. The van der Waals surface area contributed by atoms with E-state index in [1.165, 1.54) is 62.4 Å². The van der Waals surface area contributed by atoms with E-state index < -0.39 is 34.7 Å². The molecule has 0 fully saturated rings. The summed E-state index contributed by atoms with van der Waals surface area (Å²) >= 11 is 1.06. The summed E-state index contributed by atoms with van der Waals surface area (Å²) in [4.78, 5) is 25.6. The van der Waals surface area contributed by atoms with Gasteiger partial charge in [-0.15, -0.1) is 11.8 Å². The number of Topliss-reactive ketones (excluding diaryl/α,β-unsaturated/α-hetero) is 2. The number of carbonyl (C=O) groups is 2. The third kappa shape index (κ3) is 5.01. The van der Waals surface area contributed by atoms with E-state index in [1.54, 1.807) is 12.1 Å². The molecule has 2 atom stereocenters. The Morgan fingerprint density at radius 2 is 1.43 bits per heavy atom. The van der Waals surface area contributed by atoms with E-state index >= 15 is 17.6 Å². The van der Waals surface area contributed by atoms with Crippen molar-refractivity contribution in [3.05, 3.63) is 94.4 Å². The highest BCUT2D eigenvalue weighted by atomic mass is 32.2. The molecule has 0 unspecified atom stereocenters. The number of carbonyl (C=O) groups excluding carboxylic acids is 2. The highest BCUT2D eigenvalue weighted by molar-refractivity contribution is 8.03. The van der Waals surface area contributed by atoms with Crippen LogP contribution in [0.1, 0.15) is 54.3 Å². The lowest BCUT2D eigenvalue weighted by atomic mass is 9.71. The topological polar surface area (TPSA) is 34.1 Å². The molecule has 2 aromatic rings. The Balaban J connectivity index is 2.07. The minimum absolute atomic E-state index is 0.00766. The summed E-state index contributed by atoms with van der Waals surface area (Å²) in [7, 11) is 0. The van der Waals surface area contributed by atoms with E-state index in [2.05, 4.69) is 0 Å². The Morgan fingerprint density at radius 1 is 0.914 bits per heavy atom. The molecule has 7 heteroatoms. The summed E-state index contributed by atoms with van der Waals surface area (Å²) in [6.45, 7) is 4.50.